The normalized spacial score (nSPS) is 21.9. The summed E-state index contributed by atoms with van der Waals surface area (Å²) in [6.45, 7) is 9.67. The van der Waals surface area contributed by atoms with Gasteiger partial charge in [0.1, 0.15) is 11.4 Å². The Morgan fingerprint density at radius 1 is 1.35 bits per heavy atom. The van der Waals surface area contributed by atoms with Gasteiger partial charge in [-0.2, -0.15) is 0 Å². The highest BCUT2D eigenvalue weighted by molar-refractivity contribution is 6.27. The number of Topliss-reactive ketones (excluding diaryl/α,β-unsaturated/α-hetero) is 1. The van der Waals surface area contributed by atoms with Crippen molar-refractivity contribution in [2.45, 2.75) is 77.5 Å². The molecule has 0 spiro atoms. The molecule has 5 heteroatoms. The topological polar surface area (TPSA) is 46.6 Å². The van der Waals surface area contributed by atoms with Crippen molar-refractivity contribution in [1.82, 2.24) is 4.90 Å². The maximum Gasteiger partial charge on any atom is 0.410 e. The number of hydrogen-bond acceptors (Lipinski definition) is 3. The van der Waals surface area contributed by atoms with Gasteiger partial charge < -0.3 is 9.64 Å². The molecular formula is C15H26ClNO3. The highest BCUT2D eigenvalue weighted by atomic mass is 35.5. The average Bonchev–Trinajstić information content (AvgIpc) is 2.59. The molecule has 1 rings (SSSR count). The van der Waals surface area contributed by atoms with Crippen LogP contribution in [0.3, 0.4) is 0 Å². The monoisotopic (exact) mass is 303 g/mol. The van der Waals surface area contributed by atoms with Crippen LogP contribution in [-0.4, -0.2) is 39.8 Å². The molecular weight excluding hydrogens is 278 g/mol. The van der Waals surface area contributed by atoms with Crippen LogP contribution in [0.4, 0.5) is 4.79 Å². The van der Waals surface area contributed by atoms with Gasteiger partial charge in [-0.15, -0.1) is 11.6 Å². The maximum absolute atomic E-state index is 12.4. The lowest BCUT2D eigenvalue weighted by Crippen LogP contribution is -2.49. The number of nitrogens with zero attached hydrogens (tertiary/aromatic N) is 1. The van der Waals surface area contributed by atoms with Crippen molar-refractivity contribution in [2.75, 3.05) is 5.88 Å². The third-order valence-corrected chi connectivity index (χ3v) is 3.90. The lowest BCUT2D eigenvalue weighted by Gasteiger charge is -2.37. The molecule has 0 radical (unpaired) electrons. The first-order chi connectivity index (χ1) is 9.07. The molecule has 116 valence electrons. The lowest BCUT2D eigenvalue weighted by molar-refractivity contribution is -0.117. The van der Waals surface area contributed by atoms with Gasteiger partial charge in [0.2, 0.25) is 0 Å². The molecule has 0 N–H and O–H groups in total. The molecule has 1 saturated heterocycles. The Kier molecular flexibility index (Phi) is 5.47. The SMILES string of the molecule is CC(C)(C)OC(=O)N1C(CCC(=O)CCl)CCC1(C)C. The van der Waals surface area contributed by atoms with E-state index in [1.807, 2.05) is 34.6 Å². The van der Waals surface area contributed by atoms with E-state index in [1.54, 1.807) is 4.90 Å². The molecule has 0 aromatic heterocycles. The van der Waals surface area contributed by atoms with Crippen LogP contribution in [0.5, 0.6) is 0 Å². The number of amides is 1. The zero-order valence-electron chi connectivity index (χ0n) is 13.2. The second-order valence-electron chi connectivity index (χ2n) is 7.07. The molecule has 4 nitrogen and oxygen atoms in total. The van der Waals surface area contributed by atoms with Gasteiger partial charge in [-0.3, -0.25) is 4.79 Å². The number of carbonyl (C=O) groups excluding carboxylic acids is 2. The van der Waals surface area contributed by atoms with E-state index < -0.39 is 5.60 Å². The molecule has 20 heavy (non-hydrogen) atoms. The largest absolute Gasteiger partial charge is 0.444 e. The summed E-state index contributed by atoms with van der Waals surface area (Å²) in [6, 6.07) is 0.0621. The van der Waals surface area contributed by atoms with Gasteiger partial charge in [0, 0.05) is 18.0 Å². The number of carbonyl (C=O) groups is 2. The fraction of sp³-hybridized carbons (Fsp3) is 0.867. The zero-order chi connectivity index (χ0) is 15.6. The molecule has 1 fully saturated rings. The van der Waals surface area contributed by atoms with Crippen LogP contribution < -0.4 is 0 Å². The van der Waals surface area contributed by atoms with Crippen LogP contribution in [-0.2, 0) is 9.53 Å². The average molecular weight is 304 g/mol. The van der Waals surface area contributed by atoms with Gasteiger partial charge in [-0.05, 0) is 53.9 Å². The minimum absolute atomic E-state index is 0.0283. The summed E-state index contributed by atoms with van der Waals surface area (Å²) in [7, 11) is 0. The number of ketones is 1. The maximum atomic E-state index is 12.4. The highest BCUT2D eigenvalue weighted by Gasteiger charge is 2.44. The van der Waals surface area contributed by atoms with Crippen molar-refractivity contribution in [3.05, 3.63) is 0 Å². The summed E-state index contributed by atoms with van der Waals surface area (Å²) < 4.78 is 5.50. The van der Waals surface area contributed by atoms with Crippen molar-refractivity contribution in [2.24, 2.45) is 0 Å². The van der Waals surface area contributed by atoms with Gasteiger partial charge in [0.15, 0.2) is 0 Å². The number of ether oxygens (including phenoxy) is 1. The molecule has 1 aliphatic rings. The Morgan fingerprint density at radius 3 is 2.45 bits per heavy atom. The van der Waals surface area contributed by atoms with Gasteiger partial charge in [-0.1, -0.05) is 0 Å². The molecule has 1 unspecified atom stereocenters. The first-order valence-corrected chi connectivity index (χ1v) is 7.70. The predicted molar refractivity (Wildman–Crippen MR) is 80.1 cm³/mol. The molecule has 1 aliphatic heterocycles. The predicted octanol–water partition coefficient (Wildman–Crippen LogP) is 3.75. The standard InChI is InChI=1S/C15H26ClNO3/c1-14(2,3)20-13(19)17-11(6-7-12(18)10-16)8-9-15(17,4)5/h11H,6-10H2,1-5H3. The molecule has 1 heterocycles. The third-order valence-electron chi connectivity index (χ3n) is 3.60. The van der Waals surface area contributed by atoms with Crippen LogP contribution in [0.2, 0.25) is 0 Å². The second kappa shape index (κ2) is 6.33. The molecule has 0 saturated carbocycles. The second-order valence-corrected chi connectivity index (χ2v) is 7.33. The lowest BCUT2D eigenvalue weighted by atomic mass is 10.0. The summed E-state index contributed by atoms with van der Waals surface area (Å²) in [4.78, 5) is 25.6. The van der Waals surface area contributed by atoms with Crippen LogP contribution in [0.15, 0.2) is 0 Å². The van der Waals surface area contributed by atoms with Gasteiger partial charge in [0.05, 0.1) is 5.88 Å². The van der Waals surface area contributed by atoms with E-state index in [1.165, 1.54) is 0 Å². The van der Waals surface area contributed by atoms with Crippen LogP contribution >= 0.6 is 11.6 Å². The Balaban J connectivity index is 2.75. The Morgan fingerprint density at radius 2 is 1.95 bits per heavy atom. The van der Waals surface area contributed by atoms with Crippen molar-refractivity contribution in [3.8, 4) is 0 Å². The van der Waals surface area contributed by atoms with Crippen molar-refractivity contribution in [1.29, 1.82) is 0 Å². The molecule has 0 aliphatic carbocycles. The summed E-state index contributed by atoms with van der Waals surface area (Å²) in [6.07, 6.45) is 2.62. The highest BCUT2D eigenvalue weighted by Crippen LogP contribution is 2.36. The van der Waals surface area contributed by atoms with Crippen LogP contribution in [0, 0.1) is 0 Å². The Bertz CT molecular complexity index is 374. The van der Waals surface area contributed by atoms with E-state index in [0.29, 0.717) is 12.8 Å². The molecule has 0 bridgehead atoms. The third kappa shape index (κ3) is 4.65. The van der Waals surface area contributed by atoms with Gasteiger partial charge in [0.25, 0.3) is 0 Å². The first-order valence-electron chi connectivity index (χ1n) is 7.17. The van der Waals surface area contributed by atoms with Gasteiger partial charge >= 0.3 is 6.09 Å². The quantitative estimate of drug-likeness (QED) is 0.743. The Hall–Kier alpha value is -0.770. The summed E-state index contributed by atoms with van der Waals surface area (Å²) in [5.41, 5.74) is -0.733. The number of halogens is 1. The number of rotatable bonds is 4. The van der Waals surface area contributed by atoms with E-state index >= 15 is 0 Å². The number of likely N-dealkylation sites (tertiary alicyclic amines) is 1. The van der Waals surface area contributed by atoms with Crippen molar-refractivity contribution < 1.29 is 14.3 Å². The van der Waals surface area contributed by atoms with Crippen LogP contribution in [0.25, 0.3) is 0 Å². The number of hydrogen-bond donors (Lipinski definition) is 0. The Labute approximate surface area is 126 Å². The minimum Gasteiger partial charge on any atom is -0.444 e. The molecule has 1 amide bonds. The summed E-state index contributed by atoms with van der Waals surface area (Å²) >= 11 is 5.52. The first kappa shape index (κ1) is 17.3. The van der Waals surface area contributed by atoms with E-state index in [-0.39, 0.29) is 29.3 Å². The zero-order valence-corrected chi connectivity index (χ0v) is 13.9. The van der Waals surface area contributed by atoms with Crippen molar-refractivity contribution >= 4 is 23.5 Å². The summed E-state index contributed by atoms with van der Waals surface area (Å²) in [5, 5.41) is 0. The van der Waals surface area contributed by atoms with Gasteiger partial charge in [-0.25, -0.2) is 4.79 Å². The van der Waals surface area contributed by atoms with E-state index in [0.717, 1.165) is 12.8 Å². The van der Waals surface area contributed by atoms with E-state index in [9.17, 15) is 9.59 Å². The van der Waals surface area contributed by atoms with E-state index in [2.05, 4.69) is 0 Å². The van der Waals surface area contributed by atoms with Crippen molar-refractivity contribution in [3.63, 3.8) is 0 Å². The number of alkyl halides is 1. The molecule has 0 aromatic carbocycles. The molecule has 1 atom stereocenters. The van der Waals surface area contributed by atoms with E-state index in [4.69, 9.17) is 16.3 Å². The summed E-state index contributed by atoms with van der Waals surface area (Å²) in [5.74, 6) is 0.0724. The smallest absolute Gasteiger partial charge is 0.410 e. The fourth-order valence-electron chi connectivity index (χ4n) is 2.64. The molecule has 0 aromatic rings. The minimum atomic E-state index is -0.508. The van der Waals surface area contributed by atoms with Crippen LogP contribution in [0.1, 0.15) is 60.3 Å². The fourth-order valence-corrected chi connectivity index (χ4v) is 2.77.